The van der Waals surface area contributed by atoms with Crippen molar-refractivity contribution < 1.29 is 8.78 Å². The number of halogens is 2. The predicted octanol–water partition coefficient (Wildman–Crippen LogP) is 2.12. The maximum atomic E-state index is 13.3. The van der Waals surface area contributed by atoms with Crippen molar-refractivity contribution >= 4 is 0 Å². The number of nitrogens with one attached hydrogen (secondary N) is 1. The number of rotatable bonds is 4. The molecule has 0 radical (unpaired) electrons. The lowest BCUT2D eigenvalue weighted by Gasteiger charge is -2.13. The third kappa shape index (κ3) is 3.03. The van der Waals surface area contributed by atoms with E-state index in [9.17, 15) is 8.78 Å². The summed E-state index contributed by atoms with van der Waals surface area (Å²) in [5.74, 6) is 0.895. The molecule has 1 rings (SSSR count). The maximum Gasteiger partial charge on any atom is 0.162 e. The van der Waals surface area contributed by atoms with Gasteiger partial charge in [-0.25, -0.2) is 8.78 Å². The average Bonchev–Trinajstić information content (AvgIpc) is 2.24. The number of benzene rings is 1. The summed E-state index contributed by atoms with van der Waals surface area (Å²) in [5.41, 5.74) is 0.351. The van der Waals surface area contributed by atoms with Crippen LogP contribution in [0.1, 0.15) is 12.0 Å². The van der Waals surface area contributed by atoms with Crippen LogP contribution in [0.4, 0.5) is 8.78 Å². The summed E-state index contributed by atoms with van der Waals surface area (Å²) in [6.07, 6.45) is 6.05. The quantitative estimate of drug-likeness (QED) is 0.749. The standard InChI is InChI=1S/C12H13F2N/c1-3-5-10(15-2)8-9-6-4-7-11(13)12(9)14/h1,4,6-7,10,15H,5,8H2,2H3. The van der Waals surface area contributed by atoms with E-state index < -0.39 is 11.6 Å². The molecular weight excluding hydrogens is 196 g/mol. The molecule has 1 N–H and O–H groups in total. The zero-order valence-electron chi connectivity index (χ0n) is 8.56. The molecule has 15 heavy (non-hydrogen) atoms. The van der Waals surface area contributed by atoms with E-state index in [4.69, 9.17) is 6.42 Å². The van der Waals surface area contributed by atoms with E-state index in [1.165, 1.54) is 6.07 Å². The molecule has 80 valence electrons. The number of terminal acetylenes is 1. The summed E-state index contributed by atoms with van der Waals surface area (Å²) in [7, 11) is 1.75. The van der Waals surface area contributed by atoms with Crippen molar-refractivity contribution in [3.8, 4) is 12.3 Å². The van der Waals surface area contributed by atoms with E-state index >= 15 is 0 Å². The minimum atomic E-state index is -0.817. The van der Waals surface area contributed by atoms with Gasteiger partial charge in [-0.3, -0.25) is 0 Å². The van der Waals surface area contributed by atoms with Crippen molar-refractivity contribution in [1.82, 2.24) is 5.32 Å². The van der Waals surface area contributed by atoms with E-state index in [1.807, 2.05) is 0 Å². The van der Waals surface area contributed by atoms with E-state index in [1.54, 1.807) is 13.1 Å². The van der Waals surface area contributed by atoms with Gasteiger partial charge in [0.1, 0.15) is 0 Å². The topological polar surface area (TPSA) is 12.0 Å². The van der Waals surface area contributed by atoms with Crippen molar-refractivity contribution in [3.63, 3.8) is 0 Å². The van der Waals surface area contributed by atoms with Crippen LogP contribution in [-0.2, 0) is 6.42 Å². The van der Waals surface area contributed by atoms with Gasteiger partial charge in [-0.15, -0.1) is 12.3 Å². The van der Waals surface area contributed by atoms with Crippen LogP contribution in [0.3, 0.4) is 0 Å². The summed E-state index contributed by atoms with van der Waals surface area (Å²) in [4.78, 5) is 0. The van der Waals surface area contributed by atoms with Crippen LogP contribution in [0.25, 0.3) is 0 Å². The first-order valence-corrected chi connectivity index (χ1v) is 4.72. The second kappa shape index (κ2) is 5.47. The van der Waals surface area contributed by atoms with Gasteiger partial charge in [0.2, 0.25) is 0 Å². The molecular formula is C12H13F2N. The summed E-state index contributed by atoms with van der Waals surface area (Å²) in [6, 6.07) is 4.15. The Labute approximate surface area is 88.5 Å². The fraction of sp³-hybridized carbons (Fsp3) is 0.333. The highest BCUT2D eigenvalue weighted by molar-refractivity contribution is 5.20. The van der Waals surface area contributed by atoms with Gasteiger partial charge in [-0.2, -0.15) is 0 Å². The Hall–Kier alpha value is -1.40. The number of hydrogen-bond donors (Lipinski definition) is 1. The van der Waals surface area contributed by atoms with E-state index in [2.05, 4.69) is 11.2 Å². The SMILES string of the molecule is C#CCC(Cc1cccc(F)c1F)NC. The molecule has 0 spiro atoms. The second-order valence-electron chi connectivity index (χ2n) is 3.31. The second-order valence-corrected chi connectivity index (χ2v) is 3.31. The molecule has 0 aromatic heterocycles. The molecule has 0 heterocycles. The fourth-order valence-electron chi connectivity index (χ4n) is 1.39. The Morgan fingerprint density at radius 1 is 1.47 bits per heavy atom. The molecule has 0 amide bonds. The van der Waals surface area contributed by atoms with E-state index in [-0.39, 0.29) is 6.04 Å². The highest BCUT2D eigenvalue weighted by Crippen LogP contribution is 2.13. The molecule has 3 heteroatoms. The van der Waals surface area contributed by atoms with Gasteiger partial charge in [-0.05, 0) is 25.1 Å². The Bertz CT molecular complexity index is 368. The zero-order chi connectivity index (χ0) is 11.3. The molecule has 0 aliphatic heterocycles. The van der Waals surface area contributed by atoms with E-state index in [0.717, 1.165) is 6.07 Å². The van der Waals surface area contributed by atoms with Gasteiger partial charge < -0.3 is 5.32 Å². The molecule has 1 aromatic carbocycles. The first-order valence-electron chi connectivity index (χ1n) is 4.72. The Balaban J connectivity index is 2.80. The highest BCUT2D eigenvalue weighted by Gasteiger charge is 2.12. The monoisotopic (exact) mass is 209 g/mol. The third-order valence-corrected chi connectivity index (χ3v) is 2.27. The van der Waals surface area contributed by atoms with Gasteiger partial charge >= 0.3 is 0 Å². The van der Waals surface area contributed by atoms with Gasteiger partial charge in [-0.1, -0.05) is 12.1 Å². The summed E-state index contributed by atoms with van der Waals surface area (Å²) < 4.78 is 26.2. The fourth-order valence-corrected chi connectivity index (χ4v) is 1.39. The summed E-state index contributed by atoms with van der Waals surface area (Å²) >= 11 is 0. The molecule has 1 nitrogen and oxygen atoms in total. The van der Waals surface area contributed by atoms with Crippen LogP contribution >= 0.6 is 0 Å². The van der Waals surface area contributed by atoms with Gasteiger partial charge in [0, 0.05) is 12.5 Å². The van der Waals surface area contributed by atoms with Crippen LogP contribution < -0.4 is 5.32 Å². The smallest absolute Gasteiger partial charge is 0.162 e. The average molecular weight is 209 g/mol. The maximum absolute atomic E-state index is 13.3. The molecule has 0 fully saturated rings. The number of hydrogen-bond acceptors (Lipinski definition) is 1. The molecule has 0 saturated heterocycles. The predicted molar refractivity (Wildman–Crippen MR) is 56.4 cm³/mol. The summed E-state index contributed by atoms with van der Waals surface area (Å²) in [6.45, 7) is 0. The van der Waals surface area contributed by atoms with Crippen LogP contribution in [0.5, 0.6) is 0 Å². The lowest BCUT2D eigenvalue weighted by atomic mass is 10.0. The first kappa shape index (κ1) is 11.7. The Morgan fingerprint density at radius 2 is 2.20 bits per heavy atom. The van der Waals surface area contributed by atoms with Crippen LogP contribution in [-0.4, -0.2) is 13.1 Å². The molecule has 1 aromatic rings. The van der Waals surface area contributed by atoms with Gasteiger partial charge in [0.15, 0.2) is 11.6 Å². The van der Waals surface area contributed by atoms with Crippen molar-refractivity contribution in [1.29, 1.82) is 0 Å². The normalized spacial score (nSPS) is 12.1. The van der Waals surface area contributed by atoms with Crippen LogP contribution in [0.15, 0.2) is 18.2 Å². The molecule has 1 atom stereocenters. The number of likely N-dealkylation sites (N-methyl/N-ethyl adjacent to an activating group) is 1. The first-order chi connectivity index (χ1) is 7.19. The minimum absolute atomic E-state index is 0.0219. The Kier molecular flexibility index (Phi) is 4.26. The van der Waals surface area contributed by atoms with Crippen LogP contribution in [0.2, 0.25) is 0 Å². The molecule has 1 unspecified atom stereocenters. The van der Waals surface area contributed by atoms with E-state index in [0.29, 0.717) is 18.4 Å². The highest BCUT2D eigenvalue weighted by atomic mass is 19.2. The van der Waals surface area contributed by atoms with Gasteiger partial charge in [0.05, 0.1) is 0 Å². The Morgan fingerprint density at radius 3 is 2.80 bits per heavy atom. The summed E-state index contributed by atoms with van der Waals surface area (Å²) in [5, 5.41) is 2.97. The lowest BCUT2D eigenvalue weighted by Crippen LogP contribution is -2.27. The minimum Gasteiger partial charge on any atom is -0.316 e. The third-order valence-electron chi connectivity index (χ3n) is 2.27. The largest absolute Gasteiger partial charge is 0.316 e. The molecule has 0 aliphatic carbocycles. The zero-order valence-corrected chi connectivity index (χ0v) is 8.56. The molecule has 0 bridgehead atoms. The van der Waals surface area contributed by atoms with Crippen molar-refractivity contribution in [2.24, 2.45) is 0 Å². The lowest BCUT2D eigenvalue weighted by molar-refractivity contribution is 0.485. The van der Waals surface area contributed by atoms with Crippen LogP contribution in [0, 0.1) is 24.0 Å². The van der Waals surface area contributed by atoms with Crippen molar-refractivity contribution in [3.05, 3.63) is 35.4 Å². The van der Waals surface area contributed by atoms with Gasteiger partial charge in [0.25, 0.3) is 0 Å². The van der Waals surface area contributed by atoms with Crippen molar-refractivity contribution in [2.75, 3.05) is 7.05 Å². The molecule has 0 aliphatic rings. The van der Waals surface area contributed by atoms with Crippen molar-refractivity contribution in [2.45, 2.75) is 18.9 Å². The molecule has 0 saturated carbocycles.